The highest BCUT2D eigenvalue weighted by molar-refractivity contribution is 5.84. The third kappa shape index (κ3) is 0.586. The Labute approximate surface area is 80.9 Å². The highest BCUT2D eigenvalue weighted by Gasteiger charge is 2.76. The van der Waals surface area contributed by atoms with E-state index in [1.165, 1.54) is 0 Å². The lowest BCUT2D eigenvalue weighted by molar-refractivity contribution is -0.150. The van der Waals surface area contributed by atoms with Gasteiger partial charge in [0.25, 0.3) is 0 Å². The lowest BCUT2D eigenvalue weighted by Gasteiger charge is -2.23. The summed E-state index contributed by atoms with van der Waals surface area (Å²) >= 11 is 0. The van der Waals surface area contributed by atoms with Crippen molar-refractivity contribution in [2.75, 3.05) is 0 Å². The maximum atomic E-state index is 11.2. The SMILES string of the molecule is O=C(O)[C@]12C[C@@H]3C[C@H]1C[C@]3(C(=O)O)C2. The van der Waals surface area contributed by atoms with Crippen LogP contribution in [0.15, 0.2) is 0 Å². The van der Waals surface area contributed by atoms with Crippen molar-refractivity contribution in [2.45, 2.75) is 25.7 Å². The Morgan fingerprint density at radius 3 is 1.64 bits per heavy atom. The minimum absolute atomic E-state index is 0.126. The Morgan fingerprint density at radius 2 is 1.43 bits per heavy atom. The average Bonchev–Trinajstić information content (AvgIpc) is 2.69. The normalized spacial score (nSPS) is 52.9. The zero-order valence-electron chi connectivity index (χ0n) is 7.69. The molecule has 0 spiro atoms. The van der Waals surface area contributed by atoms with Gasteiger partial charge in [-0.15, -0.1) is 0 Å². The minimum Gasteiger partial charge on any atom is -0.481 e. The smallest absolute Gasteiger partial charge is 0.309 e. The number of carboxylic acids is 2. The lowest BCUT2D eigenvalue weighted by Crippen LogP contribution is -2.31. The summed E-state index contributed by atoms with van der Waals surface area (Å²) in [4.78, 5) is 22.4. The summed E-state index contributed by atoms with van der Waals surface area (Å²) in [6, 6.07) is 0. The van der Waals surface area contributed by atoms with Gasteiger partial charge in [0.2, 0.25) is 0 Å². The molecular weight excluding hydrogens is 184 g/mol. The van der Waals surface area contributed by atoms with Crippen LogP contribution in [0.5, 0.6) is 0 Å². The summed E-state index contributed by atoms with van der Waals surface area (Å²) in [5.74, 6) is -1.29. The molecule has 4 rings (SSSR count). The van der Waals surface area contributed by atoms with E-state index in [0.717, 1.165) is 6.42 Å². The Kier molecular flexibility index (Phi) is 1.16. The number of aliphatic carboxylic acids is 2. The first-order valence-electron chi connectivity index (χ1n) is 4.98. The molecule has 0 aromatic rings. The topological polar surface area (TPSA) is 74.6 Å². The fourth-order valence-corrected chi connectivity index (χ4v) is 4.24. The van der Waals surface area contributed by atoms with E-state index >= 15 is 0 Å². The van der Waals surface area contributed by atoms with E-state index in [4.69, 9.17) is 0 Å². The molecule has 4 aliphatic carbocycles. The highest BCUT2D eigenvalue weighted by atomic mass is 16.4. The molecule has 4 nitrogen and oxygen atoms in total. The molecule has 0 aliphatic heterocycles. The van der Waals surface area contributed by atoms with Crippen LogP contribution in [0.25, 0.3) is 0 Å². The molecule has 76 valence electrons. The average molecular weight is 196 g/mol. The number of carbonyl (C=O) groups is 2. The van der Waals surface area contributed by atoms with Crippen molar-refractivity contribution in [1.82, 2.24) is 0 Å². The highest BCUT2D eigenvalue weighted by Crippen LogP contribution is 2.75. The van der Waals surface area contributed by atoms with Crippen LogP contribution in [-0.4, -0.2) is 22.2 Å². The summed E-state index contributed by atoms with van der Waals surface area (Å²) in [7, 11) is 0. The van der Waals surface area contributed by atoms with Crippen molar-refractivity contribution >= 4 is 11.9 Å². The molecule has 4 saturated carbocycles. The maximum Gasteiger partial charge on any atom is 0.309 e. The summed E-state index contributed by atoms with van der Waals surface area (Å²) < 4.78 is 0. The maximum absolute atomic E-state index is 11.2. The monoisotopic (exact) mass is 196 g/mol. The van der Waals surface area contributed by atoms with Gasteiger partial charge >= 0.3 is 11.9 Å². The first-order chi connectivity index (χ1) is 6.51. The summed E-state index contributed by atoms with van der Waals surface area (Å²) in [6.45, 7) is 0. The zero-order chi connectivity index (χ0) is 10.1. The van der Waals surface area contributed by atoms with Gasteiger partial charge < -0.3 is 10.2 Å². The molecule has 0 aromatic carbocycles. The van der Waals surface area contributed by atoms with Gasteiger partial charge in [-0.25, -0.2) is 0 Å². The second kappa shape index (κ2) is 1.97. The zero-order valence-corrected chi connectivity index (χ0v) is 7.69. The van der Waals surface area contributed by atoms with Crippen LogP contribution in [-0.2, 0) is 9.59 Å². The first kappa shape index (κ1) is 8.26. The van der Waals surface area contributed by atoms with Crippen LogP contribution in [0.4, 0.5) is 0 Å². The van der Waals surface area contributed by atoms with Crippen LogP contribution >= 0.6 is 0 Å². The molecule has 2 N–H and O–H groups in total. The molecule has 0 aromatic heterocycles. The number of rotatable bonds is 2. The first-order valence-corrected chi connectivity index (χ1v) is 4.98. The van der Waals surface area contributed by atoms with Gasteiger partial charge in [0.15, 0.2) is 0 Å². The fraction of sp³-hybridized carbons (Fsp3) is 0.800. The standard InChI is InChI=1S/C10H12O4/c11-7(12)9-2-5-1-6(9)3-10(5,4-9)8(13)14/h5-6H,1-4H2,(H,11,12)(H,13,14)/t5-,6-,9-,10-/m0/s1. The van der Waals surface area contributed by atoms with E-state index in [1.54, 1.807) is 0 Å². The molecule has 4 aliphatic rings. The van der Waals surface area contributed by atoms with Gasteiger partial charge in [-0.3, -0.25) is 9.59 Å². The summed E-state index contributed by atoms with van der Waals surface area (Å²) in [5, 5.41) is 18.4. The van der Waals surface area contributed by atoms with E-state index in [2.05, 4.69) is 0 Å². The van der Waals surface area contributed by atoms with Crippen LogP contribution in [0.1, 0.15) is 25.7 Å². The molecule has 4 atom stereocenters. The Bertz CT molecular complexity index is 318. The van der Waals surface area contributed by atoms with Crippen LogP contribution in [0.3, 0.4) is 0 Å². The van der Waals surface area contributed by atoms with Crippen LogP contribution in [0.2, 0.25) is 0 Å². The number of hydrogen-bond acceptors (Lipinski definition) is 2. The minimum atomic E-state index is -0.773. The molecule has 4 bridgehead atoms. The predicted molar refractivity (Wildman–Crippen MR) is 45.6 cm³/mol. The van der Waals surface area contributed by atoms with Crippen molar-refractivity contribution in [2.24, 2.45) is 22.7 Å². The molecule has 0 heterocycles. The van der Waals surface area contributed by atoms with E-state index in [-0.39, 0.29) is 11.8 Å². The lowest BCUT2D eigenvalue weighted by atomic mass is 9.80. The van der Waals surface area contributed by atoms with E-state index in [0.29, 0.717) is 19.3 Å². The number of carboxylic acid groups (broad SMARTS) is 2. The van der Waals surface area contributed by atoms with Gasteiger partial charge in [-0.1, -0.05) is 0 Å². The van der Waals surface area contributed by atoms with Gasteiger partial charge in [-0.05, 0) is 37.5 Å². The van der Waals surface area contributed by atoms with Gasteiger partial charge in [0, 0.05) is 0 Å². The molecule has 0 amide bonds. The Morgan fingerprint density at radius 1 is 1.00 bits per heavy atom. The summed E-state index contributed by atoms with van der Waals surface area (Å²) in [6.07, 6.45) is 2.39. The van der Waals surface area contributed by atoms with E-state index < -0.39 is 22.8 Å². The van der Waals surface area contributed by atoms with Crippen molar-refractivity contribution < 1.29 is 19.8 Å². The van der Waals surface area contributed by atoms with Crippen LogP contribution in [0, 0.1) is 22.7 Å². The fourth-order valence-electron chi connectivity index (χ4n) is 4.24. The van der Waals surface area contributed by atoms with E-state index in [9.17, 15) is 19.8 Å². The van der Waals surface area contributed by atoms with Gasteiger partial charge in [0.05, 0.1) is 10.8 Å². The Hall–Kier alpha value is -1.06. The quantitative estimate of drug-likeness (QED) is 0.689. The third-order valence-corrected chi connectivity index (χ3v) is 4.84. The van der Waals surface area contributed by atoms with Crippen LogP contribution < -0.4 is 0 Å². The van der Waals surface area contributed by atoms with Crippen molar-refractivity contribution in [3.8, 4) is 0 Å². The van der Waals surface area contributed by atoms with Crippen molar-refractivity contribution in [3.05, 3.63) is 0 Å². The third-order valence-electron chi connectivity index (χ3n) is 4.84. The van der Waals surface area contributed by atoms with Gasteiger partial charge in [0.1, 0.15) is 0 Å². The van der Waals surface area contributed by atoms with Crippen molar-refractivity contribution in [1.29, 1.82) is 0 Å². The molecule has 0 saturated heterocycles. The predicted octanol–water partition coefficient (Wildman–Crippen LogP) is 0.962. The summed E-state index contributed by atoms with van der Waals surface area (Å²) in [5.41, 5.74) is -1.36. The number of hydrogen-bond donors (Lipinski definition) is 2. The molecule has 4 heteroatoms. The van der Waals surface area contributed by atoms with E-state index in [1.807, 2.05) is 0 Å². The van der Waals surface area contributed by atoms with Crippen molar-refractivity contribution in [3.63, 3.8) is 0 Å². The molecule has 0 unspecified atom stereocenters. The van der Waals surface area contributed by atoms with Gasteiger partial charge in [-0.2, -0.15) is 0 Å². The molecular formula is C10H12O4. The molecule has 4 fully saturated rings. The molecule has 0 radical (unpaired) electrons. The Balaban J connectivity index is 2.08. The largest absolute Gasteiger partial charge is 0.481 e. The second-order valence-corrected chi connectivity index (χ2v) is 5.14. The second-order valence-electron chi connectivity index (χ2n) is 5.14. The molecule has 14 heavy (non-hydrogen) atoms.